The van der Waals surface area contributed by atoms with E-state index >= 15 is 0 Å². The van der Waals surface area contributed by atoms with E-state index in [1.165, 1.54) is 0 Å². The maximum absolute atomic E-state index is 13.8. The predicted octanol–water partition coefficient (Wildman–Crippen LogP) is 7.15. The summed E-state index contributed by atoms with van der Waals surface area (Å²) in [5.74, 6) is -0.378. The molecule has 200 valence electrons. The molecule has 1 heterocycles. The number of methoxy groups -OCH3 is 1. The average Bonchev–Trinajstić information content (AvgIpc) is 2.93. The van der Waals surface area contributed by atoms with Crippen molar-refractivity contribution in [3.63, 3.8) is 0 Å². The lowest BCUT2D eigenvalue weighted by molar-refractivity contribution is -0.139. The van der Waals surface area contributed by atoms with Gasteiger partial charge in [-0.1, -0.05) is 71.7 Å². The maximum Gasteiger partial charge on any atom is 0.336 e. The topological polar surface area (TPSA) is 64.6 Å². The number of Topliss-reactive ketones (excluding diaryl/α,β-unsaturated/α-hetero) is 1. The van der Waals surface area contributed by atoms with Crippen LogP contribution in [-0.2, 0) is 20.7 Å². The van der Waals surface area contributed by atoms with Crippen molar-refractivity contribution in [1.29, 1.82) is 0 Å². The number of benzene rings is 3. The van der Waals surface area contributed by atoms with Crippen molar-refractivity contribution in [1.82, 2.24) is 5.32 Å². The first-order valence-corrected chi connectivity index (χ1v) is 13.6. The lowest BCUT2D eigenvalue weighted by Gasteiger charge is -2.37. The van der Waals surface area contributed by atoms with Gasteiger partial charge in [-0.05, 0) is 60.2 Å². The molecule has 0 spiro atoms. The Morgan fingerprint density at radius 3 is 2.44 bits per heavy atom. The molecule has 0 aromatic heterocycles. The van der Waals surface area contributed by atoms with E-state index in [1.807, 2.05) is 61.5 Å². The Morgan fingerprint density at radius 1 is 1.00 bits per heavy atom. The van der Waals surface area contributed by atoms with Crippen LogP contribution in [0, 0.1) is 0 Å². The van der Waals surface area contributed by atoms with Gasteiger partial charge in [-0.25, -0.2) is 4.79 Å². The molecule has 0 fully saturated rings. The van der Waals surface area contributed by atoms with Crippen LogP contribution >= 0.6 is 23.2 Å². The van der Waals surface area contributed by atoms with Crippen molar-refractivity contribution < 1.29 is 19.1 Å². The van der Waals surface area contributed by atoms with Crippen molar-refractivity contribution >= 4 is 35.0 Å². The molecule has 0 radical (unpaired) electrons. The molecule has 3 aromatic rings. The summed E-state index contributed by atoms with van der Waals surface area (Å²) in [4.78, 5) is 27.4. The standard InChI is InChI=1S/C32H29Cl2NO4/c1-19-29(32(37)39-15-14-20-6-4-3-5-7-20)30(25-13-10-23(33)18-26(25)34)31-27(35-19)16-22(17-28(31)36)21-8-11-24(38-2)12-9-21/h3-13,18,22,30,35H,14-17H2,1-2H3. The summed E-state index contributed by atoms with van der Waals surface area (Å²) in [7, 11) is 1.63. The molecule has 2 aliphatic rings. The van der Waals surface area contributed by atoms with Crippen molar-refractivity contribution in [3.8, 4) is 5.75 Å². The molecule has 0 saturated carbocycles. The minimum atomic E-state index is -0.653. The molecule has 7 heteroatoms. The quantitative estimate of drug-likeness (QED) is 0.310. The number of hydrogen-bond acceptors (Lipinski definition) is 5. The fourth-order valence-corrected chi connectivity index (χ4v) is 5.97. The van der Waals surface area contributed by atoms with Crippen molar-refractivity contribution in [2.45, 2.75) is 38.0 Å². The number of nitrogens with one attached hydrogen (secondary N) is 1. The molecular weight excluding hydrogens is 533 g/mol. The molecular formula is C32H29Cl2NO4. The van der Waals surface area contributed by atoms with Crippen molar-refractivity contribution in [2.75, 3.05) is 13.7 Å². The fraction of sp³-hybridized carbons (Fsp3) is 0.250. The van der Waals surface area contributed by atoms with Crippen LogP contribution in [0.25, 0.3) is 0 Å². The van der Waals surface area contributed by atoms with E-state index < -0.39 is 11.9 Å². The van der Waals surface area contributed by atoms with Crippen LogP contribution in [0.2, 0.25) is 10.0 Å². The highest BCUT2D eigenvalue weighted by Crippen LogP contribution is 2.47. The number of dihydropyridines is 1. The van der Waals surface area contributed by atoms with Gasteiger partial charge in [0, 0.05) is 45.8 Å². The SMILES string of the molecule is COc1ccc(C2CC(=O)C3=C(C2)NC(C)=C(C(=O)OCCc2ccccc2)C3c2ccc(Cl)cc2Cl)cc1. The lowest BCUT2D eigenvalue weighted by atomic mass is 9.71. The van der Waals surface area contributed by atoms with Crippen LogP contribution in [0.5, 0.6) is 5.75 Å². The Hall–Kier alpha value is -3.54. The first kappa shape index (κ1) is 27.0. The molecule has 2 atom stereocenters. The zero-order valence-electron chi connectivity index (χ0n) is 21.8. The summed E-state index contributed by atoms with van der Waals surface area (Å²) in [6.45, 7) is 2.07. The second kappa shape index (κ2) is 11.7. The van der Waals surface area contributed by atoms with E-state index in [0.717, 1.165) is 22.6 Å². The number of esters is 1. The number of rotatable bonds is 7. The monoisotopic (exact) mass is 561 g/mol. The second-order valence-corrected chi connectivity index (χ2v) is 10.7. The zero-order valence-corrected chi connectivity index (χ0v) is 23.3. The number of hydrogen-bond donors (Lipinski definition) is 1. The van der Waals surface area contributed by atoms with Gasteiger partial charge >= 0.3 is 5.97 Å². The van der Waals surface area contributed by atoms with Gasteiger partial charge in [-0.2, -0.15) is 0 Å². The van der Waals surface area contributed by atoms with Gasteiger partial charge in [0.2, 0.25) is 0 Å². The van der Waals surface area contributed by atoms with Crippen LogP contribution in [0.4, 0.5) is 0 Å². The number of halogens is 2. The van der Waals surface area contributed by atoms with Gasteiger partial charge in [0.25, 0.3) is 0 Å². The summed E-state index contributed by atoms with van der Waals surface area (Å²) in [5, 5.41) is 4.26. The summed E-state index contributed by atoms with van der Waals surface area (Å²) < 4.78 is 11.0. The van der Waals surface area contributed by atoms with Gasteiger partial charge in [0.15, 0.2) is 5.78 Å². The van der Waals surface area contributed by atoms with Gasteiger partial charge in [0.05, 0.1) is 19.3 Å². The molecule has 5 nitrogen and oxygen atoms in total. The van der Waals surface area contributed by atoms with Crippen molar-refractivity contribution in [2.24, 2.45) is 0 Å². The van der Waals surface area contributed by atoms with Gasteiger partial charge in [0.1, 0.15) is 5.75 Å². The minimum Gasteiger partial charge on any atom is -0.497 e. The van der Waals surface area contributed by atoms with E-state index in [4.69, 9.17) is 32.7 Å². The first-order chi connectivity index (χ1) is 18.9. The Labute approximate surface area is 238 Å². The second-order valence-electron chi connectivity index (χ2n) is 9.83. The van der Waals surface area contributed by atoms with Crippen LogP contribution in [0.15, 0.2) is 95.3 Å². The number of carbonyl (C=O) groups is 2. The number of carbonyl (C=O) groups excluding carboxylic acids is 2. The molecule has 0 amide bonds. The Balaban J connectivity index is 1.48. The van der Waals surface area contributed by atoms with Crippen molar-refractivity contribution in [3.05, 3.63) is 122 Å². The molecule has 5 rings (SSSR count). The molecule has 3 aromatic carbocycles. The van der Waals surface area contributed by atoms with E-state index in [2.05, 4.69) is 5.32 Å². The Kier molecular flexibility index (Phi) is 8.10. The van der Waals surface area contributed by atoms with Crippen LogP contribution < -0.4 is 10.1 Å². The minimum absolute atomic E-state index is 0.00294. The van der Waals surface area contributed by atoms with E-state index in [-0.39, 0.29) is 18.3 Å². The smallest absolute Gasteiger partial charge is 0.336 e. The Bertz CT molecular complexity index is 1460. The van der Waals surface area contributed by atoms with Crippen LogP contribution in [0.1, 0.15) is 48.3 Å². The van der Waals surface area contributed by atoms with Gasteiger partial charge in [-0.15, -0.1) is 0 Å². The lowest BCUT2D eigenvalue weighted by Crippen LogP contribution is -2.36. The Morgan fingerprint density at radius 2 is 1.74 bits per heavy atom. The first-order valence-electron chi connectivity index (χ1n) is 12.9. The summed E-state index contributed by atoms with van der Waals surface area (Å²) in [5.41, 5.74) is 5.20. The van der Waals surface area contributed by atoms with E-state index in [9.17, 15) is 9.59 Å². The van der Waals surface area contributed by atoms with E-state index in [0.29, 0.717) is 51.7 Å². The highest BCUT2D eigenvalue weighted by Gasteiger charge is 2.42. The highest BCUT2D eigenvalue weighted by atomic mass is 35.5. The average molecular weight is 562 g/mol. The summed E-state index contributed by atoms with van der Waals surface area (Å²) >= 11 is 12.9. The third-order valence-corrected chi connectivity index (χ3v) is 7.94. The number of ether oxygens (including phenoxy) is 2. The normalized spacial score (nSPS) is 18.9. The number of ketones is 1. The molecule has 0 bridgehead atoms. The summed E-state index contributed by atoms with van der Waals surface area (Å²) in [6, 6.07) is 22.8. The van der Waals surface area contributed by atoms with Gasteiger partial charge in [-0.3, -0.25) is 4.79 Å². The van der Waals surface area contributed by atoms with Gasteiger partial charge < -0.3 is 14.8 Å². The van der Waals surface area contributed by atoms with E-state index in [1.54, 1.807) is 25.3 Å². The molecule has 1 aliphatic carbocycles. The third kappa shape index (κ3) is 5.75. The molecule has 2 unspecified atom stereocenters. The molecule has 39 heavy (non-hydrogen) atoms. The van der Waals surface area contributed by atoms with Crippen LogP contribution in [-0.4, -0.2) is 25.5 Å². The maximum atomic E-state index is 13.8. The predicted molar refractivity (Wildman–Crippen MR) is 153 cm³/mol. The molecule has 0 saturated heterocycles. The largest absolute Gasteiger partial charge is 0.497 e. The fourth-order valence-electron chi connectivity index (χ4n) is 5.45. The highest BCUT2D eigenvalue weighted by molar-refractivity contribution is 6.35. The molecule has 1 N–H and O–H groups in total. The molecule has 1 aliphatic heterocycles. The number of allylic oxidation sites excluding steroid dienone is 3. The summed E-state index contributed by atoms with van der Waals surface area (Å²) in [6.07, 6.45) is 1.54. The zero-order chi connectivity index (χ0) is 27.5. The third-order valence-electron chi connectivity index (χ3n) is 7.37. The van der Waals surface area contributed by atoms with Crippen LogP contribution in [0.3, 0.4) is 0 Å².